The summed E-state index contributed by atoms with van der Waals surface area (Å²) < 4.78 is 5.20. The molecule has 1 amide bonds. The van der Waals surface area contributed by atoms with E-state index in [1.165, 1.54) is 11.3 Å². The molecule has 1 fully saturated rings. The zero-order valence-electron chi connectivity index (χ0n) is 9.56. The van der Waals surface area contributed by atoms with Gasteiger partial charge in [0.1, 0.15) is 5.54 Å². The van der Waals surface area contributed by atoms with E-state index in [0.717, 1.165) is 4.88 Å². The van der Waals surface area contributed by atoms with E-state index in [1.54, 1.807) is 6.20 Å². The van der Waals surface area contributed by atoms with Crippen molar-refractivity contribution in [3.63, 3.8) is 0 Å². The van der Waals surface area contributed by atoms with Crippen molar-refractivity contribution in [3.05, 3.63) is 11.1 Å². The molecule has 0 aliphatic carbocycles. The van der Waals surface area contributed by atoms with Crippen molar-refractivity contribution in [2.75, 3.05) is 18.5 Å². The number of thiazole rings is 1. The molecule has 0 unspecified atom stereocenters. The van der Waals surface area contributed by atoms with Gasteiger partial charge in [0.05, 0.1) is 0 Å². The van der Waals surface area contributed by atoms with Crippen LogP contribution in [0.5, 0.6) is 0 Å². The Labute approximate surface area is 110 Å². The Morgan fingerprint density at radius 2 is 2.24 bits per heavy atom. The first-order valence-electron chi connectivity index (χ1n) is 5.21. The molecule has 5 nitrogen and oxygen atoms in total. The molecule has 0 aromatic carbocycles. The zero-order valence-corrected chi connectivity index (χ0v) is 11.2. The minimum absolute atomic E-state index is 0. The van der Waals surface area contributed by atoms with E-state index in [1.807, 2.05) is 6.92 Å². The average molecular weight is 278 g/mol. The number of rotatable bonds is 2. The van der Waals surface area contributed by atoms with E-state index in [9.17, 15) is 4.79 Å². The van der Waals surface area contributed by atoms with Gasteiger partial charge in [0.25, 0.3) is 0 Å². The van der Waals surface area contributed by atoms with Gasteiger partial charge < -0.3 is 15.8 Å². The molecule has 0 bridgehead atoms. The van der Waals surface area contributed by atoms with E-state index in [-0.39, 0.29) is 18.3 Å². The van der Waals surface area contributed by atoms with Crippen molar-refractivity contribution in [2.24, 2.45) is 5.73 Å². The number of anilines is 1. The summed E-state index contributed by atoms with van der Waals surface area (Å²) in [5.74, 6) is -0.162. The number of nitrogens with one attached hydrogen (secondary N) is 1. The highest BCUT2D eigenvalue weighted by Gasteiger charge is 2.36. The standard InChI is InChI=1S/C10H15N3O2S.ClH/c1-7-6-12-9(16-7)13-8(14)10(11)2-4-15-5-3-10;/h6H,2-5,11H2,1H3,(H,12,13,14);1H. The Morgan fingerprint density at radius 1 is 1.59 bits per heavy atom. The van der Waals surface area contributed by atoms with Gasteiger partial charge in [0.2, 0.25) is 5.91 Å². The van der Waals surface area contributed by atoms with Crippen molar-refractivity contribution >= 4 is 34.8 Å². The molecule has 3 N–H and O–H groups in total. The average Bonchev–Trinajstić information content (AvgIpc) is 2.65. The predicted octanol–water partition coefficient (Wildman–Crippen LogP) is 1.32. The third-order valence-corrected chi connectivity index (χ3v) is 3.51. The first kappa shape index (κ1) is 14.4. The Bertz CT molecular complexity index is 391. The smallest absolute Gasteiger partial charge is 0.246 e. The molecule has 96 valence electrons. The van der Waals surface area contributed by atoms with Crippen LogP contribution >= 0.6 is 23.7 Å². The van der Waals surface area contributed by atoms with Crippen molar-refractivity contribution in [1.82, 2.24) is 4.98 Å². The van der Waals surface area contributed by atoms with Crippen LogP contribution in [0.2, 0.25) is 0 Å². The van der Waals surface area contributed by atoms with Crippen LogP contribution in [0.15, 0.2) is 6.20 Å². The van der Waals surface area contributed by atoms with Crippen LogP contribution in [-0.2, 0) is 9.53 Å². The van der Waals surface area contributed by atoms with Crippen LogP contribution in [0.4, 0.5) is 5.13 Å². The molecule has 17 heavy (non-hydrogen) atoms. The minimum atomic E-state index is -0.808. The number of hydrogen-bond donors (Lipinski definition) is 2. The predicted molar refractivity (Wildman–Crippen MR) is 69.7 cm³/mol. The summed E-state index contributed by atoms with van der Waals surface area (Å²) in [6, 6.07) is 0. The first-order chi connectivity index (χ1) is 7.60. The van der Waals surface area contributed by atoms with Crippen molar-refractivity contribution < 1.29 is 9.53 Å². The molecule has 0 radical (unpaired) electrons. The Kier molecular flexibility index (Phi) is 4.88. The number of hydrogen-bond acceptors (Lipinski definition) is 5. The number of amides is 1. The summed E-state index contributed by atoms with van der Waals surface area (Å²) in [6.45, 7) is 3.03. The molecule has 7 heteroatoms. The van der Waals surface area contributed by atoms with Gasteiger partial charge in [0.15, 0.2) is 5.13 Å². The van der Waals surface area contributed by atoms with E-state index >= 15 is 0 Å². The van der Waals surface area contributed by atoms with E-state index < -0.39 is 5.54 Å². The lowest BCUT2D eigenvalue weighted by molar-refractivity contribution is -0.124. The third-order valence-electron chi connectivity index (χ3n) is 2.68. The Morgan fingerprint density at radius 3 is 2.76 bits per heavy atom. The Hall–Kier alpha value is -0.690. The minimum Gasteiger partial charge on any atom is -0.381 e. The van der Waals surface area contributed by atoms with E-state index in [0.29, 0.717) is 31.2 Å². The molecule has 0 spiro atoms. The van der Waals surface area contributed by atoms with Crippen LogP contribution in [0.25, 0.3) is 0 Å². The van der Waals surface area contributed by atoms with Gasteiger partial charge in [-0.2, -0.15) is 0 Å². The number of ether oxygens (including phenoxy) is 1. The molecule has 1 aliphatic heterocycles. The maximum atomic E-state index is 12.0. The number of aromatic nitrogens is 1. The fourth-order valence-corrected chi connectivity index (χ4v) is 2.26. The second-order valence-electron chi connectivity index (χ2n) is 4.00. The highest BCUT2D eigenvalue weighted by Crippen LogP contribution is 2.22. The maximum Gasteiger partial charge on any atom is 0.246 e. The number of carbonyl (C=O) groups is 1. The molecular weight excluding hydrogens is 262 g/mol. The van der Waals surface area contributed by atoms with Crippen LogP contribution in [0, 0.1) is 6.92 Å². The molecular formula is C10H16ClN3O2S. The topological polar surface area (TPSA) is 77.2 Å². The number of nitrogens with two attached hydrogens (primary N) is 1. The molecule has 1 aromatic heterocycles. The lowest BCUT2D eigenvalue weighted by atomic mass is 9.90. The highest BCUT2D eigenvalue weighted by atomic mass is 35.5. The second kappa shape index (κ2) is 5.77. The van der Waals surface area contributed by atoms with Crippen LogP contribution in [-0.4, -0.2) is 29.6 Å². The molecule has 0 atom stereocenters. The molecule has 1 aromatic rings. The number of carbonyl (C=O) groups excluding carboxylic acids is 1. The van der Waals surface area contributed by atoms with Gasteiger partial charge >= 0.3 is 0 Å². The summed E-state index contributed by atoms with van der Waals surface area (Å²) in [6.07, 6.45) is 2.85. The van der Waals surface area contributed by atoms with Crippen molar-refractivity contribution in [1.29, 1.82) is 0 Å². The van der Waals surface area contributed by atoms with Gasteiger partial charge in [-0.05, 0) is 19.8 Å². The molecule has 0 saturated carbocycles. The number of aryl methyl sites for hydroxylation is 1. The summed E-state index contributed by atoms with van der Waals surface area (Å²) in [5, 5.41) is 3.37. The van der Waals surface area contributed by atoms with Gasteiger partial charge in [-0.1, -0.05) is 0 Å². The summed E-state index contributed by atoms with van der Waals surface area (Å²) in [4.78, 5) is 17.1. The van der Waals surface area contributed by atoms with Crippen LogP contribution in [0.1, 0.15) is 17.7 Å². The van der Waals surface area contributed by atoms with Gasteiger partial charge in [-0.3, -0.25) is 4.79 Å². The van der Waals surface area contributed by atoms with E-state index in [4.69, 9.17) is 10.5 Å². The lowest BCUT2D eigenvalue weighted by Crippen LogP contribution is -2.54. The molecule has 1 saturated heterocycles. The zero-order chi connectivity index (χ0) is 11.6. The second-order valence-corrected chi connectivity index (χ2v) is 5.23. The summed E-state index contributed by atoms with van der Waals surface area (Å²) in [7, 11) is 0. The van der Waals surface area contributed by atoms with Gasteiger partial charge in [-0.25, -0.2) is 4.98 Å². The van der Waals surface area contributed by atoms with Gasteiger partial charge in [-0.15, -0.1) is 23.7 Å². The molecule has 1 aliphatic rings. The van der Waals surface area contributed by atoms with Gasteiger partial charge in [0, 0.05) is 24.3 Å². The molecule has 2 rings (SSSR count). The summed E-state index contributed by atoms with van der Waals surface area (Å²) in [5.41, 5.74) is 5.23. The van der Waals surface area contributed by atoms with Crippen LogP contribution in [0.3, 0.4) is 0 Å². The number of nitrogens with zero attached hydrogens (tertiary/aromatic N) is 1. The maximum absolute atomic E-state index is 12.0. The quantitative estimate of drug-likeness (QED) is 0.855. The van der Waals surface area contributed by atoms with Crippen molar-refractivity contribution in [3.8, 4) is 0 Å². The van der Waals surface area contributed by atoms with E-state index in [2.05, 4.69) is 10.3 Å². The summed E-state index contributed by atoms with van der Waals surface area (Å²) >= 11 is 1.45. The number of halogens is 1. The lowest BCUT2D eigenvalue weighted by Gasteiger charge is -2.31. The Balaban J connectivity index is 0.00000144. The largest absolute Gasteiger partial charge is 0.381 e. The fourth-order valence-electron chi connectivity index (χ4n) is 1.60. The SMILES string of the molecule is Cc1cnc(NC(=O)C2(N)CCOCC2)s1.Cl. The normalized spacial score (nSPS) is 18.2. The molecule has 2 heterocycles. The third kappa shape index (κ3) is 3.38. The van der Waals surface area contributed by atoms with Crippen molar-refractivity contribution in [2.45, 2.75) is 25.3 Å². The van der Waals surface area contributed by atoms with Crippen LogP contribution < -0.4 is 11.1 Å². The fraction of sp³-hybridized carbons (Fsp3) is 0.600. The highest BCUT2D eigenvalue weighted by molar-refractivity contribution is 7.15. The monoisotopic (exact) mass is 277 g/mol. The first-order valence-corrected chi connectivity index (χ1v) is 6.02.